The quantitative estimate of drug-likeness (QED) is 0.0795. The Morgan fingerprint density at radius 3 is 2.43 bits per heavy atom. The van der Waals surface area contributed by atoms with Gasteiger partial charge < -0.3 is 45.4 Å². The maximum Gasteiger partial charge on any atom is 0.348 e. The van der Waals surface area contributed by atoms with E-state index in [9.17, 15) is 29.7 Å². The number of aromatic hydroxyl groups is 3. The van der Waals surface area contributed by atoms with Gasteiger partial charge in [-0.25, -0.2) is 19.4 Å². The van der Waals surface area contributed by atoms with Crippen molar-refractivity contribution in [2.75, 3.05) is 67.5 Å². The summed E-state index contributed by atoms with van der Waals surface area (Å²) in [4.78, 5) is 54.5. The van der Waals surface area contributed by atoms with Crippen LogP contribution in [0.4, 0.5) is 17.5 Å². The van der Waals surface area contributed by atoms with Gasteiger partial charge in [0.15, 0.2) is 5.82 Å². The lowest BCUT2D eigenvalue weighted by Gasteiger charge is -2.38. The molecule has 2 aliphatic rings. The molecule has 4 aromatic carbocycles. The zero-order valence-electron chi connectivity index (χ0n) is 35.6. The molecule has 17 nitrogen and oxygen atoms in total. The fraction of sp³-hybridized carbons (Fsp3) is 0.348. The summed E-state index contributed by atoms with van der Waals surface area (Å²) in [6.45, 7) is 10.2. The minimum atomic E-state index is -0.502. The van der Waals surface area contributed by atoms with Gasteiger partial charge in [-0.15, -0.1) is 0 Å². The first-order valence-corrected chi connectivity index (χ1v) is 21.3. The first-order chi connectivity index (χ1) is 30.5. The Hall–Kier alpha value is -7.30. The van der Waals surface area contributed by atoms with E-state index in [-0.39, 0.29) is 60.4 Å². The average molecular weight is 857 g/mol. The number of phenols is 3. The number of nitrogens with one attached hydrogen (secondary N) is 3. The number of phenolic OH excluding ortho intramolecular Hbond substituents is 3. The zero-order chi connectivity index (χ0) is 44.2. The van der Waals surface area contributed by atoms with Crippen LogP contribution in [0.25, 0.3) is 27.8 Å². The van der Waals surface area contributed by atoms with Gasteiger partial charge in [0.25, 0.3) is 0 Å². The number of carbonyl (C=O) groups excluding carboxylic acids is 2. The second-order valence-corrected chi connectivity index (χ2v) is 16.0. The third-order valence-electron chi connectivity index (χ3n) is 11.5. The predicted octanol–water partition coefficient (Wildman–Crippen LogP) is 5.03. The number of nitrogens with zero attached hydrogens (tertiary/aromatic N) is 7. The lowest BCUT2D eigenvalue weighted by molar-refractivity contribution is -0.131. The van der Waals surface area contributed by atoms with Crippen LogP contribution < -0.4 is 30.9 Å². The fourth-order valence-corrected chi connectivity index (χ4v) is 8.26. The van der Waals surface area contributed by atoms with E-state index >= 15 is 0 Å². The largest absolute Gasteiger partial charge is 0.508 e. The number of ether oxygens (including phenoxy) is 1. The van der Waals surface area contributed by atoms with Gasteiger partial charge in [0.1, 0.15) is 35.4 Å². The summed E-state index contributed by atoms with van der Waals surface area (Å²) in [6.07, 6.45) is 1.34. The maximum absolute atomic E-state index is 12.9. The van der Waals surface area contributed by atoms with E-state index in [1.165, 1.54) is 10.6 Å². The van der Waals surface area contributed by atoms with Crippen molar-refractivity contribution in [1.82, 2.24) is 34.9 Å². The molecular formula is C46H52N10O7. The van der Waals surface area contributed by atoms with Gasteiger partial charge in [-0.05, 0) is 59.7 Å². The highest BCUT2D eigenvalue weighted by Gasteiger charge is 2.29. The van der Waals surface area contributed by atoms with Crippen LogP contribution in [0.15, 0.2) is 77.6 Å². The Balaban J connectivity index is 0.880. The Kier molecular flexibility index (Phi) is 12.4. The Morgan fingerprint density at radius 2 is 1.67 bits per heavy atom. The first-order valence-electron chi connectivity index (χ1n) is 21.3. The SMILES string of the molecule is CCC(=O)N1CCN(c2nc(NCCC(=O)NCCOc3ccc(-n4c(-c5cc(C(C)C)c(O)cc5O)n[nH]c4=O)cc3)nc3c2CCN(c2cc(O)cc4ccccc24)C3)CC1. The van der Waals surface area contributed by atoms with Gasteiger partial charge >= 0.3 is 5.69 Å². The topological polar surface area (TPSA) is 214 Å². The van der Waals surface area contributed by atoms with Gasteiger partial charge in [-0.1, -0.05) is 45.0 Å². The Bertz CT molecular complexity index is 2690. The van der Waals surface area contributed by atoms with Crippen LogP contribution in [0.5, 0.6) is 23.0 Å². The number of aromatic amines is 1. The van der Waals surface area contributed by atoms with Crippen molar-refractivity contribution in [1.29, 1.82) is 0 Å². The predicted molar refractivity (Wildman–Crippen MR) is 240 cm³/mol. The standard InChI is InChI=1S/C46H52N10O7/c1-4-42(61)53-18-20-54(21-19-53)43-34-14-17-55(38-24-31(57)23-29-7-5-6-8-33(29)38)27-37(34)49-45(50-43)48-15-13-41(60)47-16-22-63-32-11-9-30(10-12-32)56-44(51-52-46(56)62)36-25-35(28(2)3)39(58)26-40(36)59/h5-12,23-26,28,57-59H,4,13-22,27H2,1-3H3,(H,47,60)(H,52,62)(H,48,49,50). The van der Waals surface area contributed by atoms with Crippen LogP contribution in [0.2, 0.25) is 0 Å². The lowest BCUT2D eigenvalue weighted by Crippen LogP contribution is -2.49. The highest BCUT2D eigenvalue weighted by atomic mass is 16.5. The molecule has 63 heavy (non-hydrogen) atoms. The van der Waals surface area contributed by atoms with Crippen LogP contribution in [-0.4, -0.2) is 109 Å². The molecule has 4 heterocycles. The summed E-state index contributed by atoms with van der Waals surface area (Å²) in [7, 11) is 0. The molecule has 0 aliphatic carbocycles. The minimum absolute atomic E-state index is 0.0316. The number of benzene rings is 4. The van der Waals surface area contributed by atoms with Crippen molar-refractivity contribution in [3.8, 4) is 40.1 Å². The summed E-state index contributed by atoms with van der Waals surface area (Å²) >= 11 is 0. The van der Waals surface area contributed by atoms with Crippen LogP contribution in [0.3, 0.4) is 0 Å². The number of fused-ring (bicyclic) bond motifs is 2. The normalized spacial score (nSPS) is 13.9. The van der Waals surface area contributed by atoms with E-state index < -0.39 is 5.69 Å². The second-order valence-electron chi connectivity index (χ2n) is 16.0. The van der Waals surface area contributed by atoms with E-state index in [1.807, 2.05) is 43.9 Å². The smallest absolute Gasteiger partial charge is 0.348 e. The van der Waals surface area contributed by atoms with Crippen LogP contribution >= 0.6 is 0 Å². The van der Waals surface area contributed by atoms with E-state index in [2.05, 4.69) is 36.7 Å². The maximum atomic E-state index is 12.9. The number of anilines is 3. The molecule has 0 radical (unpaired) electrons. The molecule has 0 bridgehead atoms. The number of H-pyrrole nitrogens is 1. The molecule has 17 heteroatoms. The summed E-state index contributed by atoms with van der Waals surface area (Å²) in [5.41, 5.74) is 3.76. The molecule has 2 aromatic heterocycles. The van der Waals surface area contributed by atoms with Gasteiger partial charge in [-0.2, -0.15) is 10.1 Å². The van der Waals surface area contributed by atoms with Gasteiger partial charge in [-0.3, -0.25) is 9.59 Å². The molecule has 0 saturated carbocycles. The molecule has 6 N–H and O–H groups in total. The molecular weight excluding hydrogens is 805 g/mol. The third kappa shape index (κ3) is 9.17. The van der Waals surface area contributed by atoms with E-state index in [1.54, 1.807) is 42.5 Å². The van der Waals surface area contributed by atoms with E-state index in [4.69, 9.17) is 14.7 Å². The molecule has 0 atom stereocenters. The summed E-state index contributed by atoms with van der Waals surface area (Å²) in [5, 5.41) is 46.3. The van der Waals surface area contributed by atoms with Crippen molar-refractivity contribution in [2.45, 2.75) is 52.5 Å². The molecule has 8 rings (SSSR count). The molecule has 1 saturated heterocycles. The fourth-order valence-electron chi connectivity index (χ4n) is 8.26. The highest BCUT2D eigenvalue weighted by molar-refractivity contribution is 5.95. The molecule has 0 unspecified atom stereocenters. The molecule has 1 fully saturated rings. The summed E-state index contributed by atoms with van der Waals surface area (Å²) < 4.78 is 7.20. The van der Waals surface area contributed by atoms with E-state index in [0.29, 0.717) is 87.2 Å². The summed E-state index contributed by atoms with van der Waals surface area (Å²) in [6, 6.07) is 21.2. The number of aromatic nitrogens is 5. The lowest BCUT2D eigenvalue weighted by atomic mass is 9.98. The van der Waals surface area contributed by atoms with E-state index in [0.717, 1.165) is 33.5 Å². The highest BCUT2D eigenvalue weighted by Crippen LogP contribution is 2.38. The van der Waals surface area contributed by atoms with Gasteiger partial charge in [0, 0.05) is 80.9 Å². The summed E-state index contributed by atoms with van der Waals surface area (Å²) in [5.74, 6) is 1.86. The number of rotatable bonds is 14. The molecule has 6 aromatic rings. The molecule has 0 spiro atoms. The Morgan fingerprint density at radius 1 is 0.889 bits per heavy atom. The minimum Gasteiger partial charge on any atom is -0.508 e. The van der Waals surface area contributed by atoms with Crippen molar-refractivity contribution < 1.29 is 29.6 Å². The number of hydrogen-bond acceptors (Lipinski definition) is 13. The molecule has 2 amide bonds. The van der Waals surface area contributed by atoms with Crippen molar-refractivity contribution >= 4 is 40.0 Å². The van der Waals surface area contributed by atoms with Crippen LogP contribution in [0, 0.1) is 0 Å². The molecule has 328 valence electrons. The first kappa shape index (κ1) is 42.4. The monoisotopic (exact) mass is 856 g/mol. The van der Waals surface area contributed by atoms with Gasteiger partial charge in [0.05, 0.1) is 30.0 Å². The third-order valence-corrected chi connectivity index (χ3v) is 11.5. The van der Waals surface area contributed by atoms with Crippen LogP contribution in [0.1, 0.15) is 56.4 Å². The molecule has 2 aliphatic heterocycles. The number of amides is 2. The Labute approximate surface area is 364 Å². The average Bonchev–Trinajstić information content (AvgIpc) is 3.67. The van der Waals surface area contributed by atoms with Crippen LogP contribution in [-0.2, 0) is 22.6 Å². The zero-order valence-corrected chi connectivity index (χ0v) is 35.6. The second kappa shape index (κ2) is 18.4. The number of piperazine rings is 1. The van der Waals surface area contributed by atoms with Crippen molar-refractivity contribution in [3.63, 3.8) is 0 Å². The number of carbonyl (C=O) groups is 2. The van der Waals surface area contributed by atoms with Gasteiger partial charge in [0.2, 0.25) is 17.8 Å². The van der Waals surface area contributed by atoms with Crippen molar-refractivity contribution in [2.24, 2.45) is 0 Å². The van der Waals surface area contributed by atoms with Crippen molar-refractivity contribution in [3.05, 3.63) is 100 Å². The number of hydrogen-bond donors (Lipinski definition) is 6.